The number of carbonyl (C=O) groups is 3. The van der Waals surface area contributed by atoms with Crippen LogP contribution >= 0.6 is 15.9 Å². The van der Waals surface area contributed by atoms with Crippen LogP contribution in [-0.4, -0.2) is 52.9 Å². The molecule has 0 saturated carbocycles. The van der Waals surface area contributed by atoms with Gasteiger partial charge >= 0.3 is 5.97 Å². The van der Waals surface area contributed by atoms with Crippen LogP contribution in [0.1, 0.15) is 51.9 Å². The summed E-state index contributed by atoms with van der Waals surface area (Å²) in [5, 5.41) is 2.82. The van der Waals surface area contributed by atoms with Gasteiger partial charge in [0.25, 0.3) is 5.91 Å². The van der Waals surface area contributed by atoms with Gasteiger partial charge in [-0.2, -0.15) is 0 Å². The summed E-state index contributed by atoms with van der Waals surface area (Å²) >= 11 is 3.31. The molecule has 0 aromatic carbocycles. The molecule has 1 unspecified atom stereocenters. The molecule has 1 aliphatic heterocycles. The second-order valence-electron chi connectivity index (χ2n) is 7.26. The smallest absolute Gasteiger partial charge is 0.339 e. The van der Waals surface area contributed by atoms with Crippen molar-refractivity contribution in [2.45, 2.75) is 33.1 Å². The quantitative estimate of drug-likeness (QED) is 0.643. The second kappa shape index (κ2) is 9.42. The van der Waals surface area contributed by atoms with Gasteiger partial charge in [-0.25, -0.2) is 9.78 Å². The molecule has 2 aromatic heterocycles. The Bertz CT molecular complexity index is 955. The molecule has 3 heterocycles. The van der Waals surface area contributed by atoms with Crippen LogP contribution < -0.4 is 5.32 Å². The number of likely N-dealkylation sites (tertiary alicyclic amines) is 1. The number of carbonyl (C=O) groups excluding carboxylic acids is 3. The van der Waals surface area contributed by atoms with Gasteiger partial charge in [0.15, 0.2) is 0 Å². The van der Waals surface area contributed by atoms with E-state index in [9.17, 15) is 14.4 Å². The Morgan fingerprint density at radius 1 is 1.37 bits per heavy atom. The minimum Gasteiger partial charge on any atom is -0.465 e. The molecule has 2 aromatic rings. The molecule has 2 amide bonds. The predicted molar refractivity (Wildman–Crippen MR) is 115 cm³/mol. The van der Waals surface area contributed by atoms with Crippen molar-refractivity contribution in [2.24, 2.45) is 5.92 Å². The molecule has 0 aliphatic carbocycles. The third-order valence-corrected chi connectivity index (χ3v) is 5.81. The highest BCUT2D eigenvalue weighted by molar-refractivity contribution is 9.10. The van der Waals surface area contributed by atoms with Crippen LogP contribution in [0.4, 0.5) is 5.82 Å². The number of hydrogen-bond donors (Lipinski definition) is 2. The minimum absolute atomic E-state index is 0.157. The minimum atomic E-state index is -0.461. The maximum atomic E-state index is 13.2. The number of aryl methyl sites for hydroxylation is 1. The van der Waals surface area contributed by atoms with Gasteiger partial charge < -0.3 is 19.9 Å². The zero-order valence-corrected chi connectivity index (χ0v) is 18.8. The maximum absolute atomic E-state index is 13.2. The monoisotopic (exact) mass is 476 g/mol. The van der Waals surface area contributed by atoms with Gasteiger partial charge in [-0.05, 0) is 59.8 Å². The van der Waals surface area contributed by atoms with Gasteiger partial charge in [0, 0.05) is 29.5 Å². The predicted octanol–water partition coefficient (Wildman–Crippen LogP) is 3.32. The Balaban J connectivity index is 1.74. The van der Waals surface area contributed by atoms with Crippen molar-refractivity contribution in [3.05, 3.63) is 45.3 Å². The fourth-order valence-electron chi connectivity index (χ4n) is 3.73. The molecule has 0 bridgehead atoms. The van der Waals surface area contributed by atoms with Gasteiger partial charge in [-0.1, -0.05) is 6.92 Å². The van der Waals surface area contributed by atoms with E-state index in [1.807, 2.05) is 6.92 Å². The summed E-state index contributed by atoms with van der Waals surface area (Å²) in [5.41, 5.74) is 2.04. The number of ether oxygens (including phenoxy) is 1. The lowest BCUT2D eigenvalue weighted by Crippen LogP contribution is -2.44. The first-order valence-corrected chi connectivity index (χ1v) is 10.7. The number of nitrogens with zero attached hydrogens (tertiary/aromatic N) is 2. The summed E-state index contributed by atoms with van der Waals surface area (Å²) in [5.74, 6) is -0.680. The van der Waals surface area contributed by atoms with E-state index in [2.05, 4.69) is 31.2 Å². The fourth-order valence-corrected chi connectivity index (χ4v) is 3.96. The number of halogens is 1. The molecule has 1 aliphatic rings. The number of aromatic amines is 1. The number of amides is 2. The number of rotatable bonds is 5. The van der Waals surface area contributed by atoms with Crippen molar-refractivity contribution in [3.8, 4) is 0 Å². The average molecular weight is 477 g/mol. The topological polar surface area (TPSA) is 104 Å². The molecule has 1 saturated heterocycles. The van der Waals surface area contributed by atoms with Crippen molar-refractivity contribution in [1.29, 1.82) is 0 Å². The number of hydrogen-bond acceptors (Lipinski definition) is 5. The van der Waals surface area contributed by atoms with E-state index in [0.29, 0.717) is 54.3 Å². The highest BCUT2D eigenvalue weighted by Crippen LogP contribution is 2.25. The third kappa shape index (κ3) is 4.56. The number of nitrogens with one attached hydrogen (secondary N) is 2. The zero-order chi connectivity index (χ0) is 21.8. The molecule has 2 N–H and O–H groups in total. The summed E-state index contributed by atoms with van der Waals surface area (Å²) in [6.45, 7) is 4.52. The lowest BCUT2D eigenvalue weighted by atomic mass is 9.96. The Morgan fingerprint density at radius 3 is 2.77 bits per heavy atom. The third-order valence-electron chi connectivity index (χ3n) is 5.34. The molecule has 1 fully saturated rings. The summed E-state index contributed by atoms with van der Waals surface area (Å²) in [4.78, 5) is 46.9. The first-order chi connectivity index (χ1) is 14.3. The lowest BCUT2D eigenvalue weighted by Gasteiger charge is -2.32. The molecule has 0 radical (unpaired) electrons. The normalized spacial score (nSPS) is 16.3. The average Bonchev–Trinajstić information content (AvgIpc) is 3.10. The Kier molecular flexibility index (Phi) is 6.91. The fraction of sp³-hybridized carbons (Fsp3) is 0.429. The van der Waals surface area contributed by atoms with Crippen molar-refractivity contribution in [3.63, 3.8) is 0 Å². The summed E-state index contributed by atoms with van der Waals surface area (Å²) in [6.07, 6.45) is 3.61. The largest absolute Gasteiger partial charge is 0.465 e. The number of piperidine rings is 1. The van der Waals surface area contributed by atoms with Gasteiger partial charge in [0.1, 0.15) is 11.5 Å². The van der Waals surface area contributed by atoms with E-state index < -0.39 is 5.97 Å². The van der Waals surface area contributed by atoms with Crippen molar-refractivity contribution >= 4 is 39.5 Å². The molecule has 0 spiro atoms. The number of anilines is 1. The van der Waals surface area contributed by atoms with Crippen LogP contribution in [0.2, 0.25) is 0 Å². The maximum Gasteiger partial charge on any atom is 0.339 e. The molecule has 8 nitrogen and oxygen atoms in total. The first-order valence-electron chi connectivity index (χ1n) is 9.87. The number of esters is 1. The number of methoxy groups -OCH3 is 1. The summed E-state index contributed by atoms with van der Waals surface area (Å²) in [6, 6.07) is 3.52. The summed E-state index contributed by atoms with van der Waals surface area (Å²) in [7, 11) is 1.32. The van der Waals surface area contributed by atoms with E-state index in [1.165, 1.54) is 7.11 Å². The highest BCUT2D eigenvalue weighted by Gasteiger charge is 2.32. The molecule has 9 heteroatoms. The Labute approximate surface area is 183 Å². The molecule has 3 rings (SSSR count). The van der Waals surface area contributed by atoms with E-state index in [-0.39, 0.29) is 17.7 Å². The van der Waals surface area contributed by atoms with Gasteiger partial charge in [0.05, 0.1) is 18.6 Å². The standard InChI is InChI=1S/C21H25BrN4O4/c1-4-15-17(21(29)30-3)12(2)18(24-15)20(28)26-9-5-6-13(11-26)19(27)25-16-8-7-14(22)10-23-16/h7-8,10,13,24H,4-6,9,11H2,1-3H3,(H,23,25,27). The van der Waals surface area contributed by atoms with Crippen LogP contribution in [-0.2, 0) is 16.0 Å². The van der Waals surface area contributed by atoms with Crippen LogP contribution in [0, 0.1) is 12.8 Å². The molecular weight excluding hydrogens is 452 g/mol. The number of H-pyrrole nitrogens is 1. The van der Waals surface area contributed by atoms with Crippen molar-refractivity contribution < 1.29 is 19.1 Å². The zero-order valence-electron chi connectivity index (χ0n) is 17.3. The van der Waals surface area contributed by atoms with Gasteiger partial charge in [-0.15, -0.1) is 0 Å². The van der Waals surface area contributed by atoms with Crippen LogP contribution in [0.3, 0.4) is 0 Å². The van der Waals surface area contributed by atoms with E-state index in [4.69, 9.17) is 4.74 Å². The van der Waals surface area contributed by atoms with Gasteiger partial charge in [-0.3, -0.25) is 9.59 Å². The summed E-state index contributed by atoms with van der Waals surface area (Å²) < 4.78 is 5.69. The van der Waals surface area contributed by atoms with E-state index >= 15 is 0 Å². The van der Waals surface area contributed by atoms with E-state index in [0.717, 1.165) is 10.9 Å². The van der Waals surface area contributed by atoms with Crippen LogP contribution in [0.5, 0.6) is 0 Å². The number of aromatic nitrogens is 2. The molecular formula is C21H25BrN4O4. The first kappa shape index (κ1) is 22.0. The lowest BCUT2D eigenvalue weighted by molar-refractivity contribution is -0.121. The molecule has 1 atom stereocenters. The second-order valence-corrected chi connectivity index (χ2v) is 8.18. The van der Waals surface area contributed by atoms with Crippen molar-refractivity contribution in [2.75, 3.05) is 25.5 Å². The van der Waals surface area contributed by atoms with Gasteiger partial charge in [0.2, 0.25) is 5.91 Å². The highest BCUT2D eigenvalue weighted by atomic mass is 79.9. The number of pyridine rings is 1. The van der Waals surface area contributed by atoms with E-state index in [1.54, 1.807) is 30.2 Å². The van der Waals surface area contributed by atoms with Crippen LogP contribution in [0.15, 0.2) is 22.8 Å². The SMILES string of the molecule is CCc1[nH]c(C(=O)N2CCCC(C(=O)Nc3ccc(Br)cn3)C2)c(C)c1C(=O)OC. The Morgan fingerprint density at radius 2 is 2.13 bits per heavy atom. The Hall–Kier alpha value is -2.68. The molecule has 160 valence electrons. The van der Waals surface area contributed by atoms with Crippen molar-refractivity contribution in [1.82, 2.24) is 14.9 Å². The van der Waals surface area contributed by atoms with Crippen LogP contribution in [0.25, 0.3) is 0 Å². The molecule has 30 heavy (non-hydrogen) atoms.